The first-order valence-corrected chi connectivity index (χ1v) is 7.08. The molecule has 1 aliphatic heterocycles. The lowest BCUT2D eigenvalue weighted by Gasteiger charge is -2.35. The highest BCUT2D eigenvalue weighted by molar-refractivity contribution is 4.98. The minimum Gasteiger partial charge on any atom is -0.377 e. The number of nitrogens with zero attached hydrogens (tertiary/aromatic N) is 1. The largest absolute Gasteiger partial charge is 0.377 e. The van der Waals surface area contributed by atoms with E-state index in [0.29, 0.717) is 23.6 Å². The summed E-state index contributed by atoms with van der Waals surface area (Å²) < 4.78 is 5.81. The van der Waals surface area contributed by atoms with Crippen LogP contribution in [0.4, 0.5) is 0 Å². The van der Waals surface area contributed by atoms with Gasteiger partial charge in [0.25, 0.3) is 0 Å². The van der Waals surface area contributed by atoms with E-state index in [9.17, 15) is 0 Å². The van der Waals surface area contributed by atoms with Gasteiger partial charge in [0.15, 0.2) is 0 Å². The van der Waals surface area contributed by atoms with Crippen molar-refractivity contribution >= 4 is 0 Å². The Balaban J connectivity index is 1.85. The van der Waals surface area contributed by atoms with Gasteiger partial charge in [-0.25, -0.2) is 0 Å². The molecule has 0 radical (unpaired) electrons. The van der Waals surface area contributed by atoms with Crippen LogP contribution in [0.3, 0.4) is 0 Å². The van der Waals surface area contributed by atoms with Crippen LogP contribution >= 0.6 is 0 Å². The van der Waals surface area contributed by atoms with Crippen LogP contribution in [-0.4, -0.2) is 43.3 Å². The van der Waals surface area contributed by atoms with Crippen molar-refractivity contribution < 1.29 is 4.74 Å². The summed E-state index contributed by atoms with van der Waals surface area (Å²) in [5, 5.41) is 0. The molecule has 2 rings (SSSR count). The van der Waals surface area contributed by atoms with Gasteiger partial charge >= 0.3 is 0 Å². The number of rotatable bonds is 3. The van der Waals surface area contributed by atoms with Crippen LogP contribution in [0.15, 0.2) is 0 Å². The standard InChI is InChI=1S/C14H28N2O/c1-14(2)8-7-12(13(14)15)16(3)10-11-6-4-5-9-17-11/h11-13H,4-10,15H2,1-3H3. The van der Waals surface area contributed by atoms with Crippen LogP contribution in [0.25, 0.3) is 0 Å². The van der Waals surface area contributed by atoms with E-state index in [1.165, 1.54) is 32.1 Å². The smallest absolute Gasteiger partial charge is 0.0702 e. The van der Waals surface area contributed by atoms with E-state index in [4.69, 9.17) is 10.5 Å². The van der Waals surface area contributed by atoms with Crippen molar-refractivity contribution in [2.75, 3.05) is 20.2 Å². The Morgan fingerprint density at radius 1 is 1.29 bits per heavy atom. The van der Waals surface area contributed by atoms with Crippen molar-refractivity contribution in [3.63, 3.8) is 0 Å². The molecule has 1 heterocycles. The third-order valence-electron chi connectivity index (χ3n) is 4.73. The van der Waals surface area contributed by atoms with Gasteiger partial charge in [0.1, 0.15) is 0 Å². The van der Waals surface area contributed by atoms with Gasteiger partial charge in [-0.3, -0.25) is 4.90 Å². The molecule has 100 valence electrons. The zero-order valence-corrected chi connectivity index (χ0v) is 11.6. The van der Waals surface area contributed by atoms with Gasteiger partial charge in [-0.1, -0.05) is 13.8 Å². The Bertz CT molecular complexity index is 249. The third-order valence-corrected chi connectivity index (χ3v) is 4.73. The minimum absolute atomic E-state index is 0.298. The molecule has 1 aliphatic carbocycles. The molecule has 1 saturated carbocycles. The minimum atomic E-state index is 0.298. The van der Waals surface area contributed by atoms with Crippen molar-refractivity contribution in [1.82, 2.24) is 4.90 Å². The summed E-state index contributed by atoms with van der Waals surface area (Å²) in [6.45, 7) is 6.58. The Morgan fingerprint density at radius 2 is 2.06 bits per heavy atom. The Hall–Kier alpha value is -0.120. The fraction of sp³-hybridized carbons (Fsp3) is 1.00. The first kappa shape index (κ1) is 13.3. The fourth-order valence-corrected chi connectivity index (χ4v) is 3.29. The van der Waals surface area contributed by atoms with E-state index in [-0.39, 0.29) is 0 Å². The molecule has 0 amide bonds. The molecule has 3 nitrogen and oxygen atoms in total. The lowest BCUT2D eigenvalue weighted by Crippen LogP contribution is -2.50. The summed E-state index contributed by atoms with van der Waals surface area (Å²) in [6.07, 6.45) is 6.68. The Kier molecular flexibility index (Phi) is 4.11. The molecule has 0 bridgehead atoms. The van der Waals surface area contributed by atoms with E-state index in [1.807, 2.05) is 0 Å². The molecule has 0 spiro atoms. The quantitative estimate of drug-likeness (QED) is 0.820. The van der Waals surface area contributed by atoms with Gasteiger partial charge in [0.2, 0.25) is 0 Å². The molecule has 3 unspecified atom stereocenters. The summed E-state index contributed by atoms with van der Waals surface area (Å²) in [7, 11) is 2.21. The second-order valence-corrected chi connectivity index (χ2v) is 6.55. The maximum atomic E-state index is 6.38. The maximum absolute atomic E-state index is 6.38. The van der Waals surface area contributed by atoms with Crippen LogP contribution in [0.2, 0.25) is 0 Å². The zero-order chi connectivity index (χ0) is 12.5. The highest BCUT2D eigenvalue weighted by Gasteiger charge is 2.41. The van der Waals surface area contributed by atoms with Gasteiger partial charge in [0.05, 0.1) is 6.10 Å². The summed E-state index contributed by atoms with van der Waals surface area (Å²) >= 11 is 0. The van der Waals surface area contributed by atoms with Gasteiger partial charge in [-0.2, -0.15) is 0 Å². The van der Waals surface area contributed by atoms with Crippen molar-refractivity contribution in [3.05, 3.63) is 0 Å². The Morgan fingerprint density at radius 3 is 2.59 bits per heavy atom. The lowest BCUT2D eigenvalue weighted by molar-refractivity contribution is -0.00969. The van der Waals surface area contributed by atoms with Gasteiger partial charge in [-0.15, -0.1) is 0 Å². The molecule has 17 heavy (non-hydrogen) atoms. The third kappa shape index (κ3) is 3.01. The van der Waals surface area contributed by atoms with Crippen LogP contribution in [-0.2, 0) is 4.74 Å². The van der Waals surface area contributed by atoms with Crippen LogP contribution in [0.5, 0.6) is 0 Å². The van der Waals surface area contributed by atoms with E-state index < -0.39 is 0 Å². The summed E-state index contributed by atoms with van der Waals surface area (Å²) in [5.41, 5.74) is 6.68. The molecule has 2 aliphatic rings. The predicted octanol–water partition coefficient (Wildman–Crippen LogP) is 2.00. The zero-order valence-electron chi connectivity index (χ0n) is 11.6. The van der Waals surface area contributed by atoms with Gasteiger partial charge in [0, 0.05) is 25.2 Å². The first-order valence-electron chi connectivity index (χ1n) is 7.08. The molecule has 0 aromatic carbocycles. The van der Waals surface area contributed by atoms with Crippen LogP contribution in [0.1, 0.15) is 46.0 Å². The second-order valence-electron chi connectivity index (χ2n) is 6.55. The highest BCUT2D eigenvalue weighted by atomic mass is 16.5. The fourth-order valence-electron chi connectivity index (χ4n) is 3.29. The number of nitrogens with two attached hydrogens (primary N) is 1. The normalized spacial score (nSPS) is 37.6. The molecular weight excluding hydrogens is 212 g/mol. The molecule has 0 aromatic rings. The predicted molar refractivity (Wildman–Crippen MR) is 71.0 cm³/mol. The molecule has 3 atom stereocenters. The number of likely N-dealkylation sites (N-methyl/N-ethyl adjacent to an activating group) is 1. The second kappa shape index (κ2) is 5.25. The summed E-state index contributed by atoms with van der Waals surface area (Å²) in [6, 6.07) is 0.839. The maximum Gasteiger partial charge on any atom is 0.0702 e. The average molecular weight is 240 g/mol. The van der Waals surface area contributed by atoms with Gasteiger partial charge in [-0.05, 0) is 44.6 Å². The molecule has 2 N–H and O–H groups in total. The van der Waals surface area contributed by atoms with Crippen molar-refractivity contribution in [1.29, 1.82) is 0 Å². The molecule has 2 fully saturated rings. The van der Waals surface area contributed by atoms with E-state index in [2.05, 4.69) is 25.8 Å². The van der Waals surface area contributed by atoms with Crippen LogP contribution in [0, 0.1) is 5.41 Å². The first-order chi connectivity index (χ1) is 8.00. The molecule has 1 saturated heterocycles. The van der Waals surface area contributed by atoms with Crippen molar-refractivity contribution in [2.24, 2.45) is 11.1 Å². The SMILES string of the molecule is CN(CC1CCCCO1)C1CCC(C)(C)C1N. The molecule has 3 heteroatoms. The molecule has 0 aromatic heterocycles. The topological polar surface area (TPSA) is 38.5 Å². The average Bonchev–Trinajstić information content (AvgIpc) is 2.56. The van der Waals surface area contributed by atoms with E-state index in [1.54, 1.807) is 0 Å². The monoisotopic (exact) mass is 240 g/mol. The van der Waals surface area contributed by atoms with Crippen LogP contribution < -0.4 is 5.73 Å². The highest BCUT2D eigenvalue weighted by Crippen LogP contribution is 2.38. The lowest BCUT2D eigenvalue weighted by atomic mass is 9.87. The van der Waals surface area contributed by atoms with Crippen molar-refractivity contribution in [2.45, 2.75) is 64.1 Å². The van der Waals surface area contributed by atoms with Crippen molar-refractivity contribution in [3.8, 4) is 0 Å². The summed E-state index contributed by atoms with van der Waals surface area (Å²) in [4.78, 5) is 2.44. The number of hydrogen-bond donors (Lipinski definition) is 1. The number of ether oxygens (including phenoxy) is 1. The number of hydrogen-bond acceptors (Lipinski definition) is 3. The van der Waals surface area contributed by atoms with E-state index >= 15 is 0 Å². The Labute approximate surface area is 106 Å². The summed E-state index contributed by atoms with van der Waals surface area (Å²) in [5.74, 6) is 0. The van der Waals surface area contributed by atoms with Gasteiger partial charge < -0.3 is 10.5 Å². The molecular formula is C14H28N2O. The van der Waals surface area contributed by atoms with E-state index in [0.717, 1.165) is 13.2 Å².